The molecule has 0 atom stereocenters. The van der Waals surface area contributed by atoms with Gasteiger partial charge in [0.05, 0.1) is 0 Å². The number of carbonyl (C=O) groups is 1. The molecule has 0 aliphatic heterocycles. The standard InChI is InChI=1S/C19H16N2O4/c1-12-9-14(10-13(2)18(12)22)3-4-15-5-6-16(24-15)19(23)25-17-7-8-20-11-21-17/h3-11,22H,1-2H3/b4-3+. The minimum atomic E-state index is -0.630. The van der Waals surface area contributed by atoms with Crippen LogP contribution in [-0.2, 0) is 0 Å². The molecule has 0 saturated carbocycles. The molecule has 1 N–H and O–H groups in total. The quantitative estimate of drug-likeness (QED) is 0.730. The van der Waals surface area contributed by atoms with Crippen LogP contribution < -0.4 is 4.74 Å². The Morgan fingerprint density at radius 3 is 2.60 bits per heavy atom. The molecule has 126 valence electrons. The molecular formula is C19H16N2O4. The van der Waals surface area contributed by atoms with Crippen LogP contribution in [0.1, 0.15) is 33.0 Å². The van der Waals surface area contributed by atoms with Crippen LogP contribution in [0.3, 0.4) is 0 Å². The number of hydrogen-bond donors (Lipinski definition) is 1. The molecule has 0 amide bonds. The third-order valence-electron chi connectivity index (χ3n) is 3.53. The first-order valence-corrected chi connectivity index (χ1v) is 7.59. The molecule has 3 rings (SSSR count). The summed E-state index contributed by atoms with van der Waals surface area (Å²) >= 11 is 0. The van der Waals surface area contributed by atoms with E-state index < -0.39 is 5.97 Å². The summed E-state index contributed by atoms with van der Waals surface area (Å²) in [6.07, 6.45) is 6.36. The summed E-state index contributed by atoms with van der Waals surface area (Å²) in [5.41, 5.74) is 2.52. The molecule has 6 heteroatoms. The molecule has 0 saturated heterocycles. The smallest absolute Gasteiger partial charge is 0.380 e. The Balaban J connectivity index is 1.72. The highest BCUT2D eigenvalue weighted by Gasteiger charge is 2.13. The van der Waals surface area contributed by atoms with E-state index >= 15 is 0 Å². The normalized spacial score (nSPS) is 11.0. The third-order valence-corrected chi connectivity index (χ3v) is 3.53. The van der Waals surface area contributed by atoms with Gasteiger partial charge in [0.25, 0.3) is 0 Å². The average molecular weight is 336 g/mol. The molecule has 2 aromatic heterocycles. The van der Waals surface area contributed by atoms with Crippen molar-refractivity contribution in [3.05, 3.63) is 71.1 Å². The molecule has 0 bridgehead atoms. The van der Waals surface area contributed by atoms with Crippen LogP contribution in [0.4, 0.5) is 0 Å². The van der Waals surface area contributed by atoms with Crippen molar-refractivity contribution in [1.82, 2.24) is 9.97 Å². The van der Waals surface area contributed by atoms with Gasteiger partial charge in [-0.3, -0.25) is 0 Å². The van der Waals surface area contributed by atoms with Crippen LogP contribution in [0, 0.1) is 13.8 Å². The zero-order valence-corrected chi connectivity index (χ0v) is 13.8. The summed E-state index contributed by atoms with van der Waals surface area (Å²) in [4.78, 5) is 19.6. The topological polar surface area (TPSA) is 85.5 Å². The Bertz CT molecular complexity index is 907. The second-order valence-corrected chi connectivity index (χ2v) is 5.48. The first kappa shape index (κ1) is 16.4. The molecule has 25 heavy (non-hydrogen) atoms. The van der Waals surface area contributed by atoms with Crippen molar-refractivity contribution in [2.45, 2.75) is 13.8 Å². The van der Waals surface area contributed by atoms with Gasteiger partial charge < -0.3 is 14.3 Å². The lowest BCUT2D eigenvalue weighted by molar-refractivity contribution is 0.0693. The van der Waals surface area contributed by atoms with Crippen LogP contribution in [0.25, 0.3) is 12.2 Å². The van der Waals surface area contributed by atoms with Crippen molar-refractivity contribution in [1.29, 1.82) is 0 Å². The highest BCUT2D eigenvalue weighted by Crippen LogP contribution is 2.24. The number of hydrogen-bond acceptors (Lipinski definition) is 6. The molecule has 0 unspecified atom stereocenters. The predicted octanol–water partition coefficient (Wildman–Crippen LogP) is 3.78. The number of aromatic nitrogens is 2. The van der Waals surface area contributed by atoms with E-state index in [9.17, 15) is 9.90 Å². The van der Waals surface area contributed by atoms with Crippen LogP contribution in [0.15, 0.2) is 47.3 Å². The maximum Gasteiger partial charge on any atom is 0.380 e. The number of rotatable bonds is 4. The van der Waals surface area contributed by atoms with Crippen molar-refractivity contribution in [3.63, 3.8) is 0 Å². The van der Waals surface area contributed by atoms with Gasteiger partial charge in [-0.2, -0.15) is 0 Å². The van der Waals surface area contributed by atoms with E-state index in [-0.39, 0.29) is 11.6 Å². The molecule has 1 aromatic carbocycles. The predicted molar refractivity (Wildman–Crippen MR) is 92.2 cm³/mol. The number of phenolic OH excluding ortho intramolecular Hbond substituents is 1. The van der Waals surface area contributed by atoms with Crippen molar-refractivity contribution in [3.8, 4) is 11.6 Å². The molecule has 0 aliphatic rings. The number of nitrogens with zero attached hydrogens (tertiary/aromatic N) is 2. The van der Waals surface area contributed by atoms with E-state index in [1.807, 2.05) is 32.1 Å². The van der Waals surface area contributed by atoms with E-state index in [2.05, 4.69) is 9.97 Å². The highest BCUT2D eigenvalue weighted by molar-refractivity contribution is 5.88. The SMILES string of the molecule is Cc1cc(/C=C/c2ccc(C(=O)Oc3ccncn3)o2)cc(C)c1O. The number of aromatic hydroxyl groups is 1. The minimum absolute atomic E-state index is 0.0799. The first-order valence-electron chi connectivity index (χ1n) is 7.59. The number of aryl methyl sites for hydroxylation is 2. The molecular weight excluding hydrogens is 320 g/mol. The van der Waals surface area contributed by atoms with Gasteiger partial charge in [0, 0.05) is 12.3 Å². The fraction of sp³-hybridized carbons (Fsp3) is 0.105. The van der Waals surface area contributed by atoms with E-state index in [1.54, 1.807) is 12.1 Å². The van der Waals surface area contributed by atoms with Gasteiger partial charge in [-0.15, -0.1) is 0 Å². The molecule has 6 nitrogen and oxygen atoms in total. The maximum atomic E-state index is 12.0. The monoisotopic (exact) mass is 336 g/mol. The molecule has 0 fully saturated rings. The zero-order valence-electron chi connectivity index (χ0n) is 13.8. The number of benzene rings is 1. The van der Waals surface area contributed by atoms with Crippen molar-refractivity contribution in [2.24, 2.45) is 0 Å². The van der Waals surface area contributed by atoms with Gasteiger partial charge in [0.1, 0.15) is 17.8 Å². The molecule has 2 heterocycles. The molecule has 0 aliphatic carbocycles. The largest absolute Gasteiger partial charge is 0.507 e. The van der Waals surface area contributed by atoms with Gasteiger partial charge in [-0.1, -0.05) is 6.08 Å². The number of ether oxygens (including phenoxy) is 1. The van der Waals surface area contributed by atoms with Crippen molar-refractivity contribution < 1.29 is 19.1 Å². The number of phenols is 1. The zero-order chi connectivity index (χ0) is 17.8. The highest BCUT2D eigenvalue weighted by atomic mass is 16.6. The van der Waals surface area contributed by atoms with Crippen LogP contribution >= 0.6 is 0 Å². The van der Waals surface area contributed by atoms with E-state index in [1.165, 1.54) is 24.7 Å². The lowest BCUT2D eigenvalue weighted by Gasteiger charge is -2.04. The van der Waals surface area contributed by atoms with Gasteiger partial charge in [0.15, 0.2) is 0 Å². The van der Waals surface area contributed by atoms with Crippen molar-refractivity contribution >= 4 is 18.1 Å². The molecule has 3 aromatic rings. The number of furan rings is 1. The van der Waals surface area contributed by atoms with Gasteiger partial charge in [-0.25, -0.2) is 14.8 Å². The van der Waals surface area contributed by atoms with Crippen molar-refractivity contribution in [2.75, 3.05) is 0 Å². The summed E-state index contributed by atoms with van der Waals surface area (Å²) in [6.45, 7) is 3.68. The Morgan fingerprint density at radius 1 is 1.16 bits per heavy atom. The second-order valence-electron chi connectivity index (χ2n) is 5.48. The Kier molecular flexibility index (Phi) is 4.61. The second kappa shape index (κ2) is 7.00. The summed E-state index contributed by atoms with van der Waals surface area (Å²) < 4.78 is 10.6. The van der Waals surface area contributed by atoms with Gasteiger partial charge in [-0.05, 0) is 60.9 Å². The summed E-state index contributed by atoms with van der Waals surface area (Å²) in [5.74, 6) is 0.414. The Morgan fingerprint density at radius 2 is 1.92 bits per heavy atom. The van der Waals surface area contributed by atoms with Gasteiger partial charge in [0.2, 0.25) is 11.6 Å². The first-order chi connectivity index (χ1) is 12.0. The number of esters is 1. The Labute approximate surface area is 144 Å². The average Bonchev–Trinajstić information content (AvgIpc) is 3.08. The van der Waals surface area contributed by atoms with E-state index in [0.29, 0.717) is 11.5 Å². The Hall–Kier alpha value is -3.41. The van der Waals surface area contributed by atoms with Crippen LogP contribution in [0.5, 0.6) is 11.6 Å². The van der Waals surface area contributed by atoms with E-state index in [0.717, 1.165) is 16.7 Å². The summed E-state index contributed by atoms with van der Waals surface area (Å²) in [6, 6.07) is 8.43. The lowest BCUT2D eigenvalue weighted by atomic mass is 10.1. The maximum absolute atomic E-state index is 12.0. The molecule has 0 spiro atoms. The van der Waals surface area contributed by atoms with E-state index in [4.69, 9.17) is 9.15 Å². The summed E-state index contributed by atoms with van der Waals surface area (Å²) in [5, 5.41) is 9.80. The van der Waals surface area contributed by atoms with Gasteiger partial charge >= 0.3 is 5.97 Å². The summed E-state index contributed by atoms with van der Waals surface area (Å²) in [7, 11) is 0. The van der Waals surface area contributed by atoms with Crippen LogP contribution in [-0.4, -0.2) is 21.0 Å². The lowest BCUT2D eigenvalue weighted by Crippen LogP contribution is -2.08. The molecule has 0 radical (unpaired) electrons. The third kappa shape index (κ3) is 3.92. The fourth-order valence-corrected chi connectivity index (χ4v) is 2.30. The number of carbonyl (C=O) groups excluding carboxylic acids is 1. The minimum Gasteiger partial charge on any atom is -0.507 e. The van der Waals surface area contributed by atoms with Crippen LogP contribution in [0.2, 0.25) is 0 Å². The fourth-order valence-electron chi connectivity index (χ4n) is 2.30.